The standard InChI is InChI=1S/C16H16BrClFN/c1-10(11-6-4-3-5-7-11)16(20-2)12-8-9-13(17)14(18)15(12)19/h3-10,16,20H,1-2H3. The molecule has 0 aromatic heterocycles. The zero-order valence-electron chi connectivity index (χ0n) is 11.3. The van der Waals surface area contributed by atoms with Gasteiger partial charge in [0.2, 0.25) is 0 Å². The molecule has 1 nitrogen and oxygen atoms in total. The summed E-state index contributed by atoms with van der Waals surface area (Å²) in [4.78, 5) is 0. The topological polar surface area (TPSA) is 12.0 Å². The molecular weight excluding hydrogens is 341 g/mol. The van der Waals surface area contributed by atoms with Crippen LogP contribution in [0.3, 0.4) is 0 Å². The van der Waals surface area contributed by atoms with Crippen molar-refractivity contribution in [2.45, 2.75) is 18.9 Å². The van der Waals surface area contributed by atoms with E-state index in [0.29, 0.717) is 10.0 Å². The third-order valence-electron chi connectivity index (χ3n) is 3.54. The molecule has 106 valence electrons. The SMILES string of the molecule is CNC(c1ccc(Br)c(Cl)c1F)C(C)c1ccccc1. The minimum absolute atomic E-state index is 0.128. The van der Waals surface area contributed by atoms with Crippen LogP contribution in [0.5, 0.6) is 0 Å². The number of likely N-dealkylation sites (N-methyl/N-ethyl adjacent to an activating group) is 1. The van der Waals surface area contributed by atoms with Gasteiger partial charge in [-0.2, -0.15) is 0 Å². The first-order chi connectivity index (χ1) is 9.56. The average Bonchev–Trinajstić information content (AvgIpc) is 2.48. The second kappa shape index (κ2) is 6.70. The Hall–Kier alpha value is -0.900. The molecule has 2 rings (SSSR count). The molecule has 20 heavy (non-hydrogen) atoms. The van der Waals surface area contributed by atoms with Crippen LogP contribution in [0, 0.1) is 5.82 Å². The minimum atomic E-state index is -0.372. The minimum Gasteiger partial charge on any atom is -0.312 e. The summed E-state index contributed by atoms with van der Waals surface area (Å²) in [7, 11) is 1.83. The molecule has 0 bridgehead atoms. The maximum absolute atomic E-state index is 14.4. The second-order valence-corrected chi connectivity index (χ2v) is 5.96. The van der Waals surface area contributed by atoms with Gasteiger partial charge in [-0.3, -0.25) is 0 Å². The quantitative estimate of drug-likeness (QED) is 0.732. The largest absolute Gasteiger partial charge is 0.312 e. The van der Waals surface area contributed by atoms with Gasteiger partial charge in [0.1, 0.15) is 5.82 Å². The Bertz CT molecular complexity index is 589. The van der Waals surface area contributed by atoms with Gasteiger partial charge in [0.05, 0.1) is 5.02 Å². The van der Waals surface area contributed by atoms with E-state index in [1.165, 1.54) is 0 Å². The van der Waals surface area contributed by atoms with E-state index in [2.05, 4.69) is 28.2 Å². The van der Waals surface area contributed by atoms with Crippen molar-refractivity contribution < 1.29 is 4.39 Å². The van der Waals surface area contributed by atoms with Gasteiger partial charge in [-0.15, -0.1) is 0 Å². The van der Waals surface area contributed by atoms with Gasteiger partial charge in [-0.25, -0.2) is 4.39 Å². The van der Waals surface area contributed by atoms with Gasteiger partial charge in [0.25, 0.3) is 0 Å². The van der Waals surface area contributed by atoms with E-state index in [1.807, 2.05) is 37.4 Å². The summed E-state index contributed by atoms with van der Waals surface area (Å²) in [5, 5.41) is 3.32. The maximum Gasteiger partial charge on any atom is 0.147 e. The van der Waals surface area contributed by atoms with Gasteiger partial charge in [0, 0.05) is 22.0 Å². The molecule has 4 heteroatoms. The summed E-state index contributed by atoms with van der Waals surface area (Å²) >= 11 is 9.23. The lowest BCUT2D eigenvalue weighted by Crippen LogP contribution is -2.23. The third kappa shape index (κ3) is 3.05. The van der Waals surface area contributed by atoms with E-state index in [0.717, 1.165) is 5.56 Å². The average molecular weight is 357 g/mol. The summed E-state index contributed by atoms with van der Waals surface area (Å²) < 4.78 is 14.9. The van der Waals surface area contributed by atoms with Crippen LogP contribution in [0.4, 0.5) is 4.39 Å². The highest BCUT2D eigenvalue weighted by molar-refractivity contribution is 9.10. The van der Waals surface area contributed by atoms with E-state index in [1.54, 1.807) is 12.1 Å². The first-order valence-corrected chi connectivity index (χ1v) is 7.59. The Kier molecular flexibility index (Phi) is 5.19. The van der Waals surface area contributed by atoms with Crippen molar-refractivity contribution in [1.29, 1.82) is 0 Å². The first-order valence-electron chi connectivity index (χ1n) is 6.42. The lowest BCUT2D eigenvalue weighted by Gasteiger charge is -2.25. The number of hydrogen-bond donors (Lipinski definition) is 1. The molecule has 0 aliphatic heterocycles. The molecular formula is C16H16BrClFN. The molecule has 0 saturated heterocycles. The lowest BCUT2D eigenvalue weighted by molar-refractivity contribution is 0.478. The van der Waals surface area contributed by atoms with Crippen molar-refractivity contribution in [3.8, 4) is 0 Å². The molecule has 0 spiro atoms. The zero-order chi connectivity index (χ0) is 14.7. The number of rotatable bonds is 4. The fourth-order valence-electron chi connectivity index (χ4n) is 2.40. The predicted octanol–water partition coefficient (Wildman–Crippen LogP) is 5.31. The van der Waals surface area contributed by atoms with E-state index in [-0.39, 0.29) is 22.8 Å². The summed E-state index contributed by atoms with van der Waals surface area (Å²) in [6.07, 6.45) is 0. The molecule has 0 fully saturated rings. The Morgan fingerprint density at radius 2 is 1.80 bits per heavy atom. The molecule has 0 aliphatic rings. The number of nitrogens with one attached hydrogen (secondary N) is 1. The van der Waals surface area contributed by atoms with E-state index >= 15 is 0 Å². The van der Waals surface area contributed by atoms with Crippen LogP contribution in [0.2, 0.25) is 5.02 Å². The van der Waals surface area contributed by atoms with Gasteiger partial charge in [0.15, 0.2) is 0 Å². The number of halogens is 3. The molecule has 2 unspecified atom stereocenters. The molecule has 0 saturated carbocycles. The van der Waals surface area contributed by atoms with Crippen molar-refractivity contribution in [1.82, 2.24) is 5.32 Å². The molecule has 1 N–H and O–H groups in total. The summed E-state index contributed by atoms with van der Waals surface area (Å²) in [6.45, 7) is 2.08. The Morgan fingerprint density at radius 1 is 1.15 bits per heavy atom. The first kappa shape index (κ1) is 15.5. The molecule has 0 amide bonds. The summed E-state index contributed by atoms with van der Waals surface area (Å²) in [6, 6.07) is 13.5. The molecule has 2 aromatic carbocycles. The lowest BCUT2D eigenvalue weighted by atomic mass is 9.88. The fourth-order valence-corrected chi connectivity index (χ4v) is 2.88. The number of benzene rings is 2. The highest BCUT2D eigenvalue weighted by Crippen LogP contribution is 2.36. The smallest absolute Gasteiger partial charge is 0.147 e. The highest BCUT2D eigenvalue weighted by Gasteiger charge is 2.23. The predicted molar refractivity (Wildman–Crippen MR) is 85.8 cm³/mol. The molecule has 2 atom stereocenters. The van der Waals surface area contributed by atoms with Gasteiger partial charge < -0.3 is 5.32 Å². The third-order valence-corrected chi connectivity index (χ3v) is 4.80. The normalized spacial score (nSPS) is 14.1. The van der Waals surface area contributed by atoms with Crippen LogP contribution < -0.4 is 5.32 Å². The molecule has 0 radical (unpaired) electrons. The van der Waals surface area contributed by atoms with E-state index < -0.39 is 0 Å². The highest BCUT2D eigenvalue weighted by atomic mass is 79.9. The van der Waals surface area contributed by atoms with Crippen molar-refractivity contribution in [3.05, 3.63) is 68.9 Å². The molecule has 2 aromatic rings. The van der Waals surface area contributed by atoms with Gasteiger partial charge in [-0.1, -0.05) is 54.9 Å². The summed E-state index contributed by atoms with van der Waals surface area (Å²) in [5.74, 6) is -0.240. The Morgan fingerprint density at radius 3 is 2.40 bits per heavy atom. The van der Waals surface area contributed by atoms with Crippen molar-refractivity contribution >= 4 is 27.5 Å². The zero-order valence-corrected chi connectivity index (χ0v) is 13.7. The second-order valence-electron chi connectivity index (χ2n) is 4.73. The van der Waals surface area contributed by atoms with Crippen LogP contribution >= 0.6 is 27.5 Å². The van der Waals surface area contributed by atoms with Crippen molar-refractivity contribution in [3.63, 3.8) is 0 Å². The fraction of sp³-hybridized carbons (Fsp3) is 0.250. The Labute approximate surface area is 132 Å². The van der Waals surface area contributed by atoms with Crippen LogP contribution in [-0.2, 0) is 0 Å². The van der Waals surface area contributed by atoms with Crippen LogP contribution in [0.1, 0.15) is 30.0 Å². The van der Waals surface area contributed by atoms with Crippen LogP contribution in [0.15, 0.2) is 46.9 Å². The van der Waals surface area contributed by atoms with Gasteiger partial charge in [-0.05, 0) is 34.6 Å². The Balaban J connectivity index is 2.41. The number of hydrogen-bond acceptors (Lipinski definition) is 1. The monoisotopic (exact) mass is 355 g/mol. The van der Waals surface area contributed by atoms with Crippen LogP contribution in [-0.4, -0.2) is 7.05 Å². The molecule has 0 aliphatic carbocycles. The van der Waals surface area contributed by atoms with Crippen molar-refractivity contribution in [2.24, 2.45) is 0 Å². The van der Waals surface area contributed by atoms with Gasteiger partial charge >= 0.3 is 0 Å². The summed E-state index contributed by atoms with van der Waals surface area (Å²) in [5.41, 5.74) is 1.74. The van der Waals surface area contributed by atoms with Crippen molar-refractivity contribution in [2.75, 3.05) is 7.05 Å². The maximum atomic E-state index is 14.4. The molecule has 0 heterocycles. The van der Waals surface area contributed by atoms with E-state index in [4.69, 9.17) is 11.6 Å². The van der Waals surface area contributed by atoms with E-state index in [9.17, 15) is 4.39 Å². The van der Waals surface area contributed by atoms with Crippen LogP contribution in [0.25, 0.3) is 0 Å².